The quantitative estimate of drug-likeness (QED) is 0.830. The molecule has 0 amide bonds. The maximum absolute atomic E-state index is 11.9. The molecule has 2 rings (SSSR count). The van der Waals surface area contributed by atoms with Gasteiger partial charge in [-0.15, -0.1) is 0 Å². The van der Waals surface area contributed by atoms with Crippen LogP contribution >= 0.6 is 0 Å². The van der Waals surface area contributed by atoms with Crippen LogP contribution in [0.4, 0.5) is 5.69 Å². The lowest BCUT2D eigenvalue weighted by Crippen LogP contribution is -2.25. The Kier molecular flexibility index (Phi) is 5.45. The molecule has 0 spiro atoms. The van der Waals surface area contributed by atoms with Crippen LogP contribution in [-0.4, -0.2) is 18.6 Å². The Hall–Kier alpha value is -1.51. The third-order valence-corrected chi connectivity index (χ3v) is 4.00. The van der Waals surface area contributed by atoms with Crippen LogP contribution in [-0.2, 0) is 16.0 Å². The summed E-state index contributed by atoms with van der Waals surface area (Å²) in [5.74, 6) is -0.137. The summed E-state index contributed by atoms with van der Waals surface area (Å²) in [6, 6.07) is 6.22. The summed E-state index contributed by atoms with van der Waals surface area (Å²) < 4.78 is 5.52. The number of benzene rings is 1. The lowest BCUT2D eigenvalue weighted by molar-refractivity contribution is -0.148. The van der Waals surface area contributed by atoms with Gasteiger partial charge in [-0.05, 0) is 50.2 Å². The van der Waals surface area contributed by atoms with Gasteiger partial charge in [0.25, 0.3) is 0 Å². The molecular weight excluding hydrogens is 250 g/mol. The van der Waals surface area contributed by atoms with E-state index in [0.717, 1.165) is 24.9 Å². The van der Waals surface area contributed by atoms with Crippen molar-refractivity contribution < 1.29 is 9.53 Å². The van der Waals surface area contributed by atoms with Gasteiger partial charge in [-0.1, -0.05) is 31.5 Å². The normalized spacial score (nSPS) is 15.9. The molecular formula is C17H25NO2. The van der Waals surface area contributed by atoms with E-state index in [1.54, 1.807) is 0 Å². The summed E-state index contributed by atoms with van der Waals surface area (Å²) in [7, 11) is 0. The van der Waals surface area contributed by atoms with Gasteiger partial charge in [0.1, 0.15) is 12.6 Å². The Morgan fingerprint density at radius 3 is 2.75 bits per heavy atom. The molecule has 1 aromatic carbocycles. The van der Waals surface area contributed by atoms with Crippen LogP contribution in [0.2, 0.25) is 0 Å². The molecule has 1 saturated carbocycles. The van der Waals surface area contributed by atoms with Crippen LogP contribution in [0.15, 0.2) is 18.2 Å². The first-order chi connectivity index (χ1) is 9.70. The van der Waals surface area contributed by atoms with Gasteiger partial charge in [-0.2, -0.15) is 0 Å². The number of carbonyl (C=O) groups excluding carboxylic acids is 1. The van der Waals surface area contributed by atoms with Crippen molar-refractivity contribution in [3.05, 3.63) is 29.3 Å². The number of esters is 1. The average molecular weight is 275 g/mol. The largest absolute Gasteiger partial charge is 0.461 e. The second-order valence-electron chi connectivity index (χ2n) is 5.57. The second-order valence-corrected chi connectivity index (χ2v) is 5.57. The molecule has 3 heteroatoms. The van der Waals surface area contributed by atoms with Crippen LogP contribution < -0.4 is 5.32 Å². The molecule has 0 atom stereocenters. The van der Waals surface area contributed by atoms with E-state index in [2.05, 4.69) is 37.4 Å². The highest BCUT2D eigenvalue weighted by atomic mass is 16.5. The van der Waals surface area contributed by atoms with Crippen molar-refractivity contribution in [2.24, 2.45) is 0 Å². The fourth-order valence-electron chi connectivity index (χ4n) is 2.85. The van der Waals surface area contributed by atoms with Crippen LogP contribution in [0.25, 0.3) is 0 Å². The molecule has 1 aliphatic carbocycles. The maximum atomic E-state index is 11.9. The molecule has 110 valence electrons. The van der Waals surface area contributed by atoms with Gasteiger partial charge in [0, 0.05) is 5.69 Å². The van der Waals surface area contributed by atoms with Crippen molar-refractivity contribution in [1.29, 1.82) is 0 Å². The van der Waals surface area contributed by atoms with Gasteiger partial charge < -0.3 is 10.1 Å². The first-order valence-electron chi connectivity index (χ1n) is 7.72. The van der Waals surface area contributed by atoms with E-state index in [1.807, 2.05) is 0 Å². The Labute approximate surface area is 121 Å². The number of ether oxygens (including phenoxy) is 1. The minimum atomic E-state index is -0.137. The van der Waals surface area contributed by atoms with Gasteiger partial charge >= 0.3 is 5.97 Å². The standard InChI is InChI=1S/C17H25NO2/c1-3-14-9-7-8-13(2)17(14)18-12-16(19)20-15-10-5-4-6-11-15/h7-9,15,18H,3-6,10-12H2,1-2H3. The van der Waals surface area contributed by atoms with Crippen molar-refractivity contribution in [1.82, 2.24) is 0 Å². The van der Waals surface area contributed by atoms with Crippen molar-refractivity contribution in [2.45, 2.75) is 58.5 Å². The zero-order valence-electron chi connectivity index (χ0n) is 12.6. The number of aryl methyl sites for hydroxylation is 2. The fourth-order valence-corrected chi connectivity index (χ4v) is 2.85. The third-order valence-electron chi connectivity index (χ3n) is 4.00. The van der Waals surface area contributed by atoms with Gasteiger partial charge in [-0.3, -0.25) is 4.79 Å². The molecule has 3 nitrogen and oxygen atoms in total. The Balaban J connectivity index is 1.86. The van der Waals surface area contributed by atoms with Crippen LogP contribution in [0.3, 0.4) is 0 Å². The van der Waals surface area contributed by atoms with E-state index in [4.69, 9.17) is 4.74 Å². The highest BCUT2D eigenvalue weighted by Gasteiger charge is 2.17. The maximum Gasteiger partial charge on any atom is 0.325 e. The molecule has 1 aromatic rings. The zero-order chi connectivity index (χ0) is 14.4. The highest BCUT2D eigenvalue weighted by Crippen LogP contribution is 2.22. The van der Waals surface area contributed by atoms with E-state index < -0.39 is 0 Å². The van der Waals surface area contributed by atoms with Crippen molar-refractivity contribution >= 4 is 11.7 Å². The van der Waals surface area contributed by atoms with E-state index in [0.29, 0.717) is 0 Å². The number of hydrogen-bond donors (Lipinski definition) is 1. The van der Waals surface area contributed by atoms with E-state index >= 15 is 0 Å². The summed E-state index contributed by atoms with van der Waals surface area (Å²) in [5.41, 5.74) is 3.50. The molecule has 0 radical (unpaired) electrons. The predicted molar refractivity (Wildman–Crippen MR) is 82.0 cm³/mol. The smallest absolute Gasteiger partial charge is 0.325 e. The topological polar surface area (TPSA) is 38.3 Å². The highest BCUT2D eigenvalue weighted by molar-refractivity contribution is 5.76. The zero-order valence-corrected chi connectivity index (χ0v) is 12.6. The third kappa shape index (κ3) is 3.99. The number of para-hydroxylation sites is 1. The van der Waals surface area contributed by atoms with Crippen molar-refractivity contribution in [3.63, 3.8) is 0 Å². The van der Waals surface area contributed by atoms with Gasteiger partial charge in [0.15, 0.2) is 0 Å². The molecule has 0 bridgehead atoms. The van der Waals surface area contributed by atoms with Crippen molar-refractivity contribution in [3.8, 4) is 0 Å². The molecule has 20 heavy (non-hydrogen) atoms. The Bertz CT molecular complexity index is 450. The predicted octanol–water partition coefficient (Wildman–Crippen LogP) is 3.85. The molecule has 1 aliphatic rings. The minimum Gasteiger partial charge on any atom is -0.461 e. The summed E-state index contributed by atoms with van der Waals surface area (Å²) in [5, 5.41) is 3.25. The van der Waals surface area contributed by atoms with E-state index in [-0.39, 0.29) is 18.6 Å². The second kappa shape index (κ2) is 7.32. The fraction of sp³-hybridized carbons (Fsp3) is 0.588. The molecule has 0 unspecified atom stereocenters. The van der Waals surface area contributed by atoms with E-state index in [9.17, 15) is 4.79 Å². The summed E-state index contributed by atoms with van der Waals surface area (Å²) in [4.78, 5) is 11.9. The van der Waals surface area contributed by atoms with Crippen molar-refractivity contribution in [2.75, 3.05) is 11.9 Å². The number of nitrogens with one attached hydrogen (secondary N) is 1. The molecule has 0 aromatic heterocycles. The summed E-state index contributed by atoms with van der Waals surface area (Å²) >= 11 is 0. The minimum absolute atomic E-state index is 0.137. The van der Waals surface area contributed by atoms with Gasteiger partial charge in [-0.25, -0.2) is 0 Å². The molecule has 0 heterocycles. The molecule has 0 aliphatic heterocycles. The average Bonchev–Trinajstić information content (AvgIpc) is 2.46. The first kappa shape index (κ1) is 14.9. The number of rotatable bonds is 5. The van der Waals surface area contributed by atoms with Crippen LogP contribution in [0.1, 0.15) is 50.2 Å². The number of carbonyl (C=O) groups is 1. The summed E-state index contributed by atoms with van der Waals surface area (Å²) in [6.07, 6.45) is 6.79. The van der Waals surface area contributed by atoms with E-state index in [1.165, 1.54) is 30.4 Å². The van der Waals surface area contributed by atoms with Gasteiger partial charge in [0.05, 0.1) is 0 Å². The SMILES string of the molecule is CCc1cccc(C)c1NCC(=O)OC1CCCCC1. The Morgan fingerprint density at radius 1 is 1.30 bits per heavy atom. The molecule has 1 fully saturated rings. The summed E-state index contributed by atoms with van der Waals surface area (Å²) in [6.45, 7) is 4.45. The Morgan fingerprint density at radius 2 is 2.05 bits per heavy atom. The van der Waals surface area contributed by atoms with Crippen LogP contribution in [0, 0.1) is 6.92 Å². The number of anilines is 1. The molecule has 0 saturated heterocycles. The monoisotopic (exact) mass is 275 g/mol. The molecule has 1 N–H and O–H groups in total. The lowest BCUT2D eigenvalue weighted by atomic mass is 9.98. The first-order valence-corrected chi connectivity index (χ1v) is 7.72. The van der Waals surface area contributed by atoms with Gasteiger partial charge in [0.2, 0.25) is 0 Å². The van der Waals surface area contributed by atoms with Crippen LogP contribution in [0.5, 0.6) is 0 Å². The number of hydrogen-bond acceptors (Lipinski definition) is 3. The lowest BCUT2D eigenvalue weighted by Gasteiger charge is -2.22.